The van der Waals surface area contributed by atoms with Crippen molar-refractivity contribution >= 4 is 23.0 Å². The van der Waals surface area contributed by atoms with Gasteiger partial charge >= 0.3 is 0 Å². The lowest BCUT2D eigenvalue weighted by molar-refractivity contribution is 0.494. The van der Waals surface area contributed by atoms with E-state index in [-0.39, 0.29) is 11.1 Å². The average Bonchev–Trinajstić information content (AvgIpc) is 2.24. The monoisotopic (exact) mass is 244 g/mol. The van der Waals surface area contributed by atoms with E-state index in [0.717, 1.165) is 6.42 Å². The SMILES string of the molecule is CCC(C)C(C)Nc1cc(F)c(Cl)cc1N. The van der Waals surface area contributed by atoms with Gasteiger partial charge in [0.15, 0.2) is 0 Å². The van der Waals surface area contributed by atoms with Gasteiger partial charge in [0.05, 0.1) is 16.4 Å². The molecule has 1 aromatic carbocycles. The fraction of sp³-hybridized carbons (Fsp3) is 0.500. The Kier molecular flexibility index (Phi) is 4.42. The van der Waals surface area contributed by atoms with Crippen LogP contribution in [0.4, 0.5) is 15.8 Å². The first-order valence-corrected chi connectivity index (χ1v) is 5.84. The number of nitrogen functional groups attached to an aromatic ring is 1. The summed E-state index contributed by atoms with van der Waals surface area (Å²) in [5.74, 6) is 0.0489. The van der Waals surface area contributed by atoms with Gasteiger partial charge in [-0.05, 0) is 18.9 Å². The number of nitrogens with one attached hydrogen (secondary N) is 1. The summed E-state index contributed by atoms with van der Waals surface area (Å²) in [5.41, 5.74) is 6.85. The van der Waals surface area contributed by atoms with E-state index >= 15 is 0 Å². The summed E-state index contributed by atoms with van der Waals surface area (Å²) < 4.78 is 13.3. The van der Waals surface area contributed by atoms with Gasteiger partial charge in [-0.3, -0.25) is 0 Å². The topological polar surface area (TPSA) is 38.0 Å². The molecular weight excluding hydrogens is 227 g/mol. The largest absolute Gasteiger partial charge is 0.397 e. The Bertz CT molecular complexity index is 368. The van der Waals surface area contributed by atoms with Crippen LogP contribution >= 0.6 is 11.6 Å². The van der Waals surface area contributed by atoms with Crippen LogP contribution in [0.5, 0.6) is 0 Å². The van der Waals surface area contributed by atoms with Crippen LogP contribution in [-0.2, 0) is 0 Å². The van der Waals surface area contributed by atoms with Crippen LogP contribution in [0, 0.1) is 11.7 Å². The molecule has 0 fully saturated rings. The molecule has 0 heterocycles. The lowest BCUT2D eigenvalue weighted by Gasteiger charge is -2.22. The van der Waals surface area contributed by atoms with Gasteiger partial charge in [-0.15, -0.1) is 0 Å². The summed E-state index contributed by atoms with van der Waals surface area (Å²) in [4.78, 5) is 0. The Morgan fingerprint density at radius 3 is 2.62 bits per heavy atom. The van der Waals surface area contributed by atoms with E-state index in [1.165, 1.54) is 12.1 Å². The molecule has 0 radical (unpaired) electrons. The average molecular weight is 245 g/mol. The van der Waals surface area contributed by atoms with Crippen LogP contribution in [0.25, 0.3) is 0 Å². The molecule has 0 saturated heterocycles. The minimum Gasteiger partial charge on any atom is -0.397 e. The summed E-state index contributed by atoms with van der Waals surface area (Å²) in [7, 11) is 0. The molecule has 90 valence electrons. The minimum absolute atomic E-state index is 0.0549. The highest BCUT2D eigenvalue weighted by atomic mass is 35.5. The molecule has 0 aliphatic rings. The van der Waals surface area contributed by atoms with E-state index < -0.39 is 5.82 Å². The summed E-state index contributed by atoms with van der Waals surface area (Å²) in [6, 6.07) is 3.02. The quantitative estimate of drug-likeness (QED) is 0.789. The van der Waals surface area contributed by atoms with Crippen molar-refractivity contribution in [3.63, 3.8) is 0 Å². The number of halogens is 2. The zero-order chi connectivity index (χ0) is 12.3. The highest BCUT2D eigenvalue weighted by Gasteiger charge is 2.12. The third-order valence-electron chi connectivity index (χ3n) is 2.97. The minimum atomic E-state index is -0.449. The Balaban J connectivity index is 2.85. The number of rotatable bonds is 4. The molecule has 2 nitrogen and oxygen atoms in total. The van der Waals surface area contributed by atoms with Crippen LogP contribution in [0.2, 0.25) is 5.02 Å². The van der Waals surface area contributed by atoms with Crippen molar-refractivity contribution in [3.05, 3.63) is 23.0 Å². The van der Waals surface area contributed by atoms with Crippen LogP contribution in [-0.4, -0.2) is 6.04 Å². The van der Waals surface area contributed by atoms with Crippen molar-refractivity contribution in [1.29, 1.82) is 0 Å². The van der Waals surface area contributed by atoms with Gasteiger partial charge in [-0.25, -0.2) is 4.39 Å². The van der Waals surface area contributed by atoms with Gasteiger partial charge in [0.25, 0.3) is 0 Å². The third-order valence-corrected chi connectivity index (χ3v) is 3.26. The maximum Gasteiger partial charge on any atom is 0.143 e. The smallest absolute Gasteiger partial charge is 0.143 e. The lowest BCUT2D eigenvalue weighted by atomic mass is 10.0. The highest BCUT2D eigenvalue weighted by molar-refractivity contribution is 6.31. The second kappa shape index (κ2) is 5.39. The molecule has 0 aliphatic carbocycles. The number of benzene rings is 1. The number of hydrogen-bond donors (Lipinski definition) is 2. The third kappa shape index (κ3) is 3.01. The first-order valence-electron chi connectivity index (χ1n) is 5.46. The molecule has 2 atom stereocenters. The van der Waals surface area contributed by atoms with Crippen LogP contribution in [0.3, 0.4) is 0 Å². The first kappa shape index (κ1) is 13.1. The molecular formula is C12H18ClFN2. The second-order valence-corrected chi connectivity index (χ2v) is 4.58. The standard InChI is InChI=1S/C12H18ClFN2/c1-4-7(2)8(3)16-12-6-10(14)9(13)5-11(12)15/h5-8,16H,4,15H2,1-3H3. The number of nitrogens with two attached hydrogens (primary N) is 1. The predicted molar refractivity (Wildman–Crippen MR) is 68.4 cm³/mol. The number of anilines is 2. The fourth-order valence-corrected chi connectivity index (χ4v) is 1.60. The second-order valence-electron chi connectivity index (χ2n) is 4.17. The van der Waals surface area contributed by atoms with Crippen LogP contribution in [0.1, 0.15) is 27.2 Å². The summed E-state index contributed by atoms with van der Waals surface area (Å²) in [5, 5.41) is 3.26. The molecule has 16 heavy (non-hydrogen) atoms. The normalized spacial score (nSPS) is 14.6. The summed E-state index contributed by atoms with van der Waals surface area (Å²) >= 11 is 5.63. The van der Waals surface area contributed by atoms with Gasteiger partial charge in [0.2, 0.25) is 0 Å². The van der Waals surface area contributed by atoms with E-state index in [4.69, 9.17) is 17.3 Å². The van der Waals surface area contributed by atoms with Crippen molar-refractivity contribution in [1.82, 2.24) is 0 Å². The molecule has 1 aromatic rings. The zero-order valence-electron chi connectivity index (χ0n) is 9.85. The van der Waals surface area contributed by atoms with Crippen molar-refractivity contribution in [2.45, 2.75) is 33.2 Å². The van der Waals surface area contributed by atoms with Gasteiger partial charge in [0, 0.05) is 12.1 Å². The lowest BCUT2D eigenvalue weighted by Crippen LogP contribution is -2.23. The van der Waals surface area contributed by atoms with Gasteiger partial charge < -0.3 is 11.1 Å². The zero-order valence-corrected chi connectivity index (χ0v) is 10.6. The molecule has 4 heteroatoms. The first-order chi connectivity index (χ1) is 7.45. The summed E-state index contributed by atoms with van der Waals surface area (Å²) in [6.45, 7) is 6.31. The van der Waals surface area contributed by atoms with E-state index in [0.29, 0.717) is 17.3 Å². The highest BCUT2D eigenvalue weighted by Crippen LogP contribution is 2.27. The van der Waals surface area contributed by atoms with Crippen molar-refractivity contribution in [2.75, 3.05) is 11.1 Å². The Labute approximate surface area is 101 Å². The molecule has 0 bridgehead atoms. The Morgan fingerprint density at radius 2 is 2.06 bits per heavy atom. The van der Waals surface area contributed by atoms with Crippen molar-refractivity contribution in [3.8, 4) is 0 Å². The number of hydrogen-bond acceptors (Lipinski definition) is 2. The Morgan fingerprint density at radius 1 is 1.44 bits per heavy atom. The molecule has 0 saturated carbocycles. The maximum atomic E-state index is 13.3. The molecule has 0 spiro atoms. The van der Waals surface area contributed by atoms with E-state index in [2.05, 4.69) is 26.1 Å². The van der Waals surface area contributed by atoms with Crippen molar-refractivity contribution < 1.29 is 4.39 Å². The Hall–Kier alpha value is -0.960. The van der Waals surface area contributed by atoms with Crippen LogP contribution < -0.4 is 11.1 Å². The maximum absolute atomic E-state index is 13.3. The molecule has 2 unspecified atom stereocenters. The van der Waals surface area contributed by atoms with Gasteiger partial charge in [-0.2, -0.15) is 0 Å². The molecule has 0 aliphatic heterocycles. The summed E-state index contributed by atoms with van der Waals surface area (Å²) in [6.07, 6.45) is 1.06. The fourth-order valence-electron chi connectivity index (χ4n) is 1.43. The van der Waals surface area contributed by atoms with Gasteiger partial charge in [-0.1, -0.05) is 31.9 Å². The molecule has 0 aromatic heterocycles. The van der Waals surface area contributed by atoms with E-state index in [1.807, 2.05) is 0 Å². The van der Waals surface area contributed by atoms with E-state index in [9.17, 15) is 4.39 Å². The molecule has 0 amide bonds. The van der Waals surface area contributed by atoms with Gasteiger partial charge in [0.1, 0.15) is 5.82 Å². The molecule has 1 rings (SSSR count). The predicted octanol–water partition coefficient (Wildman–Crippen LogP) is 3.91. The van der Waals surface area contributed by atoms with Crippen molar-refractivity contribution in [2.24, 2.45) is 5.92 Å². The molecule has 3 N–H and O–H groups in total. The van der Waals surface area contributed by atoms with Crippen LogP contribution in [0.15, 0.2) is 12.1 Å². The van der Waals surface area contributed by atoms with E-state index in [1.54, 1.807) is 0 Å².